The zero-order chi connectivity index (χ0) is 20.1. The van der Waals surface area contributed by atoms with E-state index in [1.807, 2.05) is 0 Å². The van der Waals surface area contributed by atoms with E-state index < -0.39 is 23.7 Å². The Morgan fingerprint density at radius 2 is 1.93 bits per heavy atom. The number of aliphatic hydroxyl groups excluding tert-OH is 1. The predicted molar refractivity (Wildman–Crippen MR) is 98.4 cm³/mol. The van der Waals surface area contributed by atoms with E-state index in [1.165, 1.54) is 25.1 Å². The minimum absolute atomic E-state index is 0.110. The van der Waals surface area contributed by atoms with E-state index in [0.717, 1.165) is 4.90 Å². The number of halogens is 2. The molecule has 1 atom stereocenters. The van der Waals surface area contributed by atoms with Gasteiger partial charge in [-0.3, -0.25) is 14.5 Å². The van der Waals surface area contributed by atoms with Crippen LogP contribution in [0, 0.1) is 0 Å². The lowest BCUT2D eigenvalue weighted by Gasteiger charge is -2.35. The first-order valence-electron chi connectivity index (χ1n) is 8.58. The summed E-state index contributed by atoms with van der Waals surface area (Å²) in [5.41, 5.74) is 0.803. The fraction of sp³-hybridized carbons (Fsp3) is 0.200. The number of aliphatic hydroxyl groups is 1. The van der Waals surface area contributed by atoms with Crippen LogP contribution >= 0.6 is 0 Å². The molecule has 1 amide bonds. The summed E-state index contributed by atoms with van der Waals surface area (Å²) < 4.78 is 33.3. The van der Waals surface area contributed by atoms with Crippen molar-refractivity contribution in [2.45, 2.75) is 25.7 Å². The first kappa shape index (κ1) is 18.1. The van der Waals surface area contributed by atoms with Gasteiger partial charge in [-0.05, 0) is 24.6 Å². The lowest BCUT2D eigenvalue weighted by atomic mass is 10.0. The fourth-order valence-corrected chi connectivity index (χ4v) is 3.37. The second-order valence-corrected chi connectivity index (χ2v) is 6.59. The van der Waals surface area contributed by atoms with E-state index in [1.54, 1.807) is 30.3 Å². The minimum atomic E-state index is -4.09. The molecule has 0 fully saturated rings. The molecule has 0 spiro atoms. The predicted octanol–water partition coefficient (Wildman–Crippen LogP) is 3.10. The second kappa shape index (κ2) is 6.42. The number of carbonyl (C=O) groups excluding carboxylic acids is 1. The van der Waals surface area contributed by atoms with Gasteiger partial charge >= 0.3 is 12.0 Å². The highest BCUT2D eigenvalue weighted by Crippen LogP contribution is 2.44. The number of nitrogens with one attached hydrogen (secondary N) is 1. The van der Waals surface area contributed by atoms with Gasteiger partial charge in [0.05, 0.1) is 18.3 Å². The maximum absolute atomic E-state index is 14.3. The van der Waals surface area contributed by atoms with Crippen LogP contribution in [0.25, 0.3) is 10.9 Å². The highest BCUT2D eigenvalue weighted by Gasteiger charge is 2.51. The molecule has 2 N–H and O–H groups in total. The number of pyridine rings is 1. The number of fused-ring (bicyclic) bond motifs is 2. The van der Waals surface area contributed by atoms with Crippen LogP contribution in [0.15, 0.2) is 53.3 Å². The number of carbonyl (C=O) groups is 1. The Morgan fingerprint density at radius 1 is 1.18 bits per heavy atom. The summed E-state index contributed by atoms with van der Waals surface area (Å²) in [4.78, 5) is 28.0. The summed E-state index contributed by atoms with van der Waals surface area (Å²) in [7, 11) is 0. The summed E-state index contributed by atoms with van der Waals surface area (Å²) >= 11 is 0. The summed E-state index contributed by atoms with van der Waals surface area (Å²) in [5.74, 6) is -1.79. The third-order valence-electron chi connectivity index (χ3n) is 4.65. The molecule has 0 bridgehead atoms. The number of amides is 1. The molecule has 1 aliphatic rings. The van der Waals surface area contributed by atoms with Crippen LogP contribution in [0.3, 0.4) is 0 Å². The molecule has 1 aromatic heterocycles. The molecule has 4 rings (SSSR count). The van der Waals surface area contributed by atoms with E-state index in [4.69, 9.17) is 0 Å². The van der Waals surface area contributed by atoms with Gasteiger partial charge in [0.15, 0.2) is 5.75 Å². The Bertz CT molecular complexity index is 1140. The van der Waals surface area contributed by atoms with Crippen molar-refractivity contribution in [2.24, 2.45) is 0 Å². The summed E-state index contributed by atoms with van der Waals surface area (Å²) in [5, 5.41) is 10.5. The maximum atomic E-state index is 14.3. The molecule has 3 aromatic rings. The number of para-hydroxylation sites is 2. The molecule has 0 radical (unpaired) electrons. The molecule has 8 heteroatoms. The number of H-pyrrole nitrogens is 1. The maximum Gasteiger partial charge on any atom is 0.483 e. The minimum Gasteiger partial charge on any atom is -0.423 e. The lowest BCUT2D eigenvalue weighted by Crippen LogP contribution is -2.50. The lowest BCUT2D eigenvalue weighted by molar-refractivity contribution is -0.193. The number of alkyl halides is 2. The van der Waals surface area contributed by atoms with Gasteiger partial charge in [0.1, 0.15) is 0 Å². The van der Waals surface area contributed by atoms with Gasteiger partial charge in [0, 0.05) is 22.5 Å². The Morgan fingerprint density at radius 3 is 2.68 bits per heavy atom. The van der Waals surface area contributed by atoms with Gasteiger partial charge in [-0.2, -0.15) is 8.78 Å². The quantitative estimate of drug-likeness (QED) is 0.725. The van der Waals surface area contributed by atoms with Crippen LogP contribution in [0.1, 0.15) is 24.2 Å². The number of aromatic nitrogens is 1. The van der Waals surface area contributed by atoms with Gasteiger partial charge in [-0.1, -0.05) is 30.3 Å². The number of nitrogens with zero attached hydrogens (tertiary/aromatic N) is 1. The smallest absolute Gasteiger partial charge is 0.423 e. The zero-order valence-electron chi connectivity index (χ0n) is 14.8. The molecule has 28 heavy (non-hydrogen) atoms. The summed E-state index contributed by atoms with van der Waals surface area (Å²) in [6, 6.07) is 12.6. The molecule has 0 aliphatic carbocycles. The number of rotatable bonds is 3. The first-order valence-corrected chi connectivity index (χ1v) is 8.58. The number of aromatic amines is 1. The Hall–Kier alpha value is -3.26. The molecule has 0 unspecified atom stereocenters. The van der Waals surface area contributed by atoms with Crippen molar-refractivity contribution in [3.8, 4) is 5.75 Å². The van der Waals surface area contributed by atoms with Crippen LogP contribution in [0.5, 0.6) is 5.75 Å². The third-order valence-corrected chi connectivity index (χ3v) is 4.65. The topological polar surface area (TPSA) is 82.6 Å². The van der Waals surface area contributed by atoms with E-state index in [2.05, 4.69) is 9.72 Å². The van der Waals surface area contributed by atoms with Gasteiger partial charge in [-0.25, -0.2) is 0 Å². The number of hydrogen-bond acceptors (Lipinski definition) is 4. The largest absolute Gasteiger partial charge is 0.483 e. The number of hydrogen-bond donors (Lipinski definition) is 2. The fourth-order valence-electron chi connectivity index (χ4n) is 3.37. The average molecular weight is 386 g/mol. The zero-order valence-corrected chi connectivity index (χ0v) is 14.8. The second-order valence-electron chi connectivity index (χ2n) is 6.59. The van der Waals surface area contributed by atoms with E-state index in [0.29, 0.717) is 16.5 Å². The van der Waals surface area contributed by atoms with Crippen molar-refractivity contribution in [3.63, 3.8) is 0 Å². The molecule has 0 saturated carbocycles. The highest BCUT2D eigenvalue weighted by atomic mass is 19.3. The summed E-state index contributed by atoms with van der Waals surface area (Å²) in [6.07, 6.45) is -5.16. The monoisotopic (exact) mass is 386 g/mol. The third kappa shape index (κ3) is 2.91. The van der Waals surface area contributed by atoms with Gasteiger partial charge in [-0.15, -0.1) is 0 Å². The highest BCUT2D eigenvalue weighted by molar-refractivity contribution is 6.01. The molecule has 2 heterocycles. The van der Waals surface area contributed by atoms with Crippen LogP contribution < -0.4 is 15.2 Å². The van der Waals surface area contributed by atoms with Gasteiger partial charge in [0.25, 0.3) is 0 Å². The van der Waals surface area contributed by atoms with E-state index in [9.17, 15) is 23.5 Å². The molecule has 2 aromatic carbocycles. The van der Waals surface area contributed by atoms with Gasteiger partial charge in [0.2, 0.25) is 5.56 Å². The van der Waals surface area contributed by atoms with Crippen LogP contribution in [0.2, 0.25) is 0 Å². The van der Waals surface area contributed by atoms with E-state index in [-0.39, 0.29) is 23.5 Å². The summed E-state index contributed by atoms with van der Waals surface area (Å²) in [6.45, 7) is 1.17. The van der Waals surface area contributed by atoms with Crippen LogP contribution in [-0.2, 0) is 11.3 Å². The standard InChI is InChI=1S/C20H16F2N2O4/c1-11(25)13-6-4-8-16-18(13)28-20(21,22)19(27)24(16)10-12-9-17(26)23-15-7-3-2-5-14(12)15/h2-9,11,25H,10H2,1H3,(H,23,26)/t11-/m0/s1. The van der Waals surface area contributed by atoms with Crippen molar-refractivity contribution in [1.82, 2.24) is 4.98 Å². The van der Waals surface area contributed by atoms with Crippen molar-refractivity contribution in [3.05, 3.63) is 70.0 Å². The molecule has 1 aliphatic heterocycles. The number of benzene rings is 2. The Balaban J connectivity index is 1.88. The Labute approximate surface area is 158 Å². The van der Waals surface area contributed by atoms with Crippen molar-refractivity contribution in [1.29, 1.82) is 0 Å². The Kier molecular flexibility index (Phi) is 4.15. The molecule has 6 nitrogen and oxygen atoms in total. The average Bonchev–Trinajstić information content (AvgIpc) is 2.64. The van der Waals surface area contributed by atoms with Crippen molar-refractivity contribution < 1.29 is 23.4 Å². The number of anilines is 1. The molecule has 0 saturated heterocycles. The first-order chi connectivity index (χ1) is 13.3. The molecular weight excluding hydrogens is 370 g/mol. The van der Waals surface area contributed by atoms with Crippen molar-refractivity contribution >= 4 is 22.5 Å². The SMILES string of the molecule is C[C@H](O)c1cccc2c1OC(F)(F)C(=O)N2Cc1cc(=O)[nH]c2ccccc12. The van der Waals surface area contributed by atoms with E-state index >= 15 is 0 Å². The number of ether oxygens (including phenoxy) is 1. The van der Waals surface area contributed by atoms with Crippen LogP contribution in [-0.4, -0.2) is 22.1 Å². The van der Waals surface area contributed by atoms with Crippen LogP contribution in [0.4, 0.5) is 14.5 Å². The normalized spacial score (nSPS) is 16.6. The van der Waals surface area contributed by atoms with Gasteiger partial charge < -0.3 is 14.8 Å². The molecular formula is C20H16F2N2O4. The molecule has 144 valence electrons. The van der Waals surface area contributed by atoms with Crippen molar-refractivity contribution in [2.75, 3.05) is 4.90 Å².